The van der Waals surface area contributed by atoms with Gasteiger partial charge >= 0.3 is 0 Å². The van der Waals surface area contributed by atoms with E-state index in [0.29, 0.717) is 22.8 Å². The summed E-state index contributed by atoms with van der Waals surface area (Å²) in [4.78, 5) is 26.9. The van der Waals surface area contributed by atoms with Crippen molar-refractivity contribution in [1.82, 2.24) is 10.2 Å². The van der Waals surface area contributed by atoms with Crippen molar-refractivity contribution in [2.75, 3.05) is 34.4 Å². The minimum absolute atomic E-state index is 0.0218. The van der Waals surface area contributed by atoms with Crippen LogP contribution in [0.5, 0.6) is 17.2 Å². The van der Waals surface area contributed by atoms with Gasteiger partial charge < -0.3 is 24.4 Å². The molecule has 7 nitrogen and oxygen atoms in total. The normalized spacial score (nSPS) is 16.8. The van der Waals surface area contributed by atoms with Gasteiger partial charge in [0.05, 0.1) is 27.9 Å². The molecule has 1 N–H and O–H groups in total. The van der Waals surface area contributed by atoms with Crippen LogP contribution in [0.1, 0.15) is 43.0 Å². The van der Waals surface area contributed by atoms with Crippen molar-refractivity contribution < 1.29 is 23.8 Å². The molecular weight excluding hydrogens is 336 g/mol. The molecule has 1 heterocycles. The van der Waals surface area contributed by atoms with E-state index in [0.717, 1.165) is 32.2 Å². The summed E-state index contributed by atoms with van der Waals surface area (Å²) in [5.74, 6) is 0.803. The summed E-state index contributed by atoms with van der Waals surface area (Å²) in [5.41, 5.74) is 0.345. The third-order valence-electron chi connectivity index (χ3n) is 4.75. The highest BCUT2D eigenvalue weighted by molar-refractivity contribution is 5.97. The fraction of sp³-hybridized carbons (Fsp3) is 0.579. The molecule has 1 aliphatic rings. The van der Waals surface area contributed by atoms with Crippen LogP contribution in [-0.2, 0) is 4.79 Å². The van der Waals surface area contributed by atoms with Gasteiger partial charge in [0.1, 0.15) is 0 Å². The van der Waals surface area contributed by atoms with Gasteiger partial charge in [-0.2, -0.15) is 0 Å². The molecule has 1 aliphatic heterocycles. The van der Waals surface area contributed by atoms with Gasteiger partial charge in [0.25, 0.3) is 5.91 Å². The number of methoxy groups -OCH3 is 3. The molecule has 26 heavy (non-hydrogen) atoms. The lowest BCUT2D eigenvalue weighted by molar-refractivity contribution is -0.133. The zero-order valence-corrected chi connectivity index (χ0v) is 16.0. The highest BCUT2D eigenvalue weighted by atomic mass is 16.5. The van der Waals surface area contributed by atoms with Crippen molar-refractivity contribution in [3.63, 3.8) is 0 Å². The van der Waals surface area contributed by atoms with E-state index in [1.807, 2.05) is 4.90 Å². The largest absolute Gasteiger partial charge is 0.493 e. The number of nitrogens with one attached hydrogen (secondary N) is 1. The van der Waals surface area contributed by atoms with Gasteiger partial charge in [0, 0.05) is 18.2 Å². The highest BCUT2D eigenvalue weighted by Gasteiger charge is 2.25. The van der Waals surface area contributed by atoms with Crippen LogP contribution < -0.4 is 19.5 Å². The lowest BCUT2D eigenvalue weighted by Gasteiger charge is -2.35. The van der Waals surface area contributed by atoms with Crippen molar-refractivity contribution in [2.24, 2.45) is 0 Å². The maximum atomic E-state index is 12.5. The van der Waals surface area contributed by atoms with Gasteiger partial charge in [0.15, 0.2) is 11.5 Å². The molecule has 1 saturated heterocycles. The fourth-order valence-corrected chi connectivity index (χ4v) is 3.33. The molecule has 0 saturated carbocycles. The molecule has 0 aromatic heterocycles. The molecular formula is C19H28N2O5. The van der Waals surface area contributed by atoms with E-state index in [1.165, 1.54) is 21.3 Å². The molecule has 144 valence electrons. The average Bonchev–Trinajstić information content (AvgIpc) is 2.70. The van der Waals surface area contributed by atoms with Crippen molar-refractivity contribution in [2.45, 2.75) is 38.6 Å². The Balaban J connectivity index is 2.06. The van der Waals surface area contributed by atoms with Crippen LogP contribution in [0.15, 0.2) is 12.1 Å². The molecule has 1 aromatic carbocycles. The average molecular weight is 364 g/mol. The molecule has 1 fully saturated rings. The Morgan fingerprint density at radius 2 is 1.77 bits per heavy atom. The topological polar surface area (TPSA) is 77.1 Å². The first-order valence-corrected chi connectivity index (χ1v) is 8.93. The Kier molecular flexibility index (Phi) is 7.12. The first-order valence-electron chi connectivity index (χ1n) is 8.93. The fourth-order valence-electron chi connectivity index (χ4n) is 3.33. The van der Waals surface area contributed by atoms with Gasteiger partial charge in [-0.1, -0.05) is 6.92 Å². The van der Waals surface area contributed by atoms with Crippen molar-refractivity contribution in [3.05, 3.63) is 17.7 Å². The zero-order valence-electron chi connectivity index (χ0n) is 16.0. The Bertz CT molecular complexity index is 622. The number of piperidine rings is 1. The minimum atomic E-state index is -0.359. The first-order chi connectivity index (χ1) is 12.5. The number of hydrogen-bond acceptors (Lipinski definition) is 5. The number of hydrogen-bond donors (Lipinski definition) is 1. The summed E-state index contributed by atoms with van der Waals surface area (Å²) in [6.07, 6.45) is 4.14. The van der Waals surface area contributed by atoms with Gasteiger partial charge in [-0.15, -0.1) is 0 Å². The predicted molar refractivity (Wildman–Crippen MR) is 98.1 cm³/mol. The van der Waals surface area contributed by atoms with Gasteiger partial charge in [0.2, 0.25) is 11.7 Å². The van der Waals surface area contributed by atoms with E-state index >= 15 is 0 Å². The van der Waals surface area contributed by atoms with Crippen LogP contribution in [0.25, 0.3) is 0 Å². The van der Waals surface area contributed by atoms with E-state index < -0.39 is 0 Å². The van der Waals surface area contributed by atoms with Gasteiger partial charge in [-0.3, -0.25) is 9.59 Å². The molecule has 0 aliphatic carbocycles. The number of nitrogens with zero attached hydrogens (tertiary/aromatic N) is 1. The molecule has 2 rings (SSSR count). The number of amides is 2. The van der Waals surface area contributed by atoms with E-state index in [9.17, 15) is 9.59 Å². The van der Waals surface area contributed by atoms with Crippen molar-refractivity contribution in [3.8, 4) is 17.2 Å². The van der Waals surface area contributed by atoms with Crippen molar-refractivity contribution in [1.29, 1.82) is 0 Å². The third-order valence-corrected chi connectivity index (χ3v) is 4.75. The van der Waals surface area contributed by atoms with E-state index in [4.69, 9.17) is 14.2 Å². The van der Waals surface area contributed by atoms with Gasteiger partial charge in [-0.25, -0.2) is 0 Å². The van der Waals surface area contributed by atoms with Crippen LogP contribution in [0.3, 0.4) is 0 Å². The number of carbonyl (C=O) groups is 2. The summed E-state index contributed by atoms with van der Waals surface area (Å²) < 4.78 is 15.8. The van der Waals surface area contributed by atoms with E-state index in [-0.39, 0.29) is 24.4 Å². The van der Waals surface area contributed by atoms with Crippen LogP contribution in [0.4, 0.5) is 0 Å². The monoisotopic (exact) mass is 364 g/mol. The summed E-state index contributed by atoms with van der Waals surface area (Å²) in [6, 6.07) is 3.41. The Labute approximate surface area is 154 Å². The van der Waals surface area contributed by atoms with Crippen LogP contribution in [0, 0.1) is 0 Å². The molecule has 1 unspecified atom stereocenters. The molecule has 2 amide bonds. The number of likely N-dealkylation sites (tertiary alicyclic amines) is 1. The third kappa shape index (κ3) is 4.39. The molecule has 7 heteroatoms. The Morgan fingerprint density at radius 3 is 2.31 bits per heavy atom. The molecule has 0 spiro atoms. The summed E-state index contributed by atoms with van der Waals surface area (Å²) in [6.45, 7) is 2.83. The van der Waals surface area contributed by atoms with Crippen LogP contribution in [0.2, 0.25) is 0 Å². The lowest BCUT2D eigenvalue weighted by atomic mass is 10.00. The minimum Gasteiger partial charge on any atom is -0.493 e. The molecule has 0 bridgehead atoms. The van der Waals surface area contributed by atoms with Gasteiger partial charge in [-0.05, 0) is 37.8 Å². The Morgan fingerprint density at radius 1 is 1.12 bits per heavy atom. The van der Waals surface area contributed by atoms with Crippen LogP contribution in [-0.4, -0.2) is 57.2 Å². The maximum Gasteiger partial charge on any atom is 0.251 e. The Hall–Kier alpha value is -2.44. The summed E-state index contributed by atoms with van der Waals surface area (Å²) >= 11 is 0. The summed E-state index contributed by atoms with van der Waals surface area (Å²) in [5, 5.41) is 2.70. The predicted octanol–water partition coefficient (Wildman–Crippen LogP) is 2.23. The summed E-state index contributed by atoms with van der Waals surface area (Å²) in [7, 11) is 4.48. The molecule has 0 radical (unpaired) electrons. The van der Waals surface area contributed by atoms with Crippen LogP contribution >= 0.6 is 0 Å². The number of benzene rings is 1. The smallest absolute Gasteiger partial charge is 0.251 e. The molecule has 1 aromatic rings. The second-order valence-corrected chi connectivity index (χ2v) is 6.24. The second-order valence-electron chi connectivity index (χ2n) is 6.24. The van der Waals surface area contributed by atoms with E-state index in [1.54, 1.807) is 12.1 Å². The zero-order chi connectivity index (χ0) is 19.1. The highest BCUT2D eigenvalue weighted by Crippen LogP contribution is 2.38. The first kappa shape index (κ1) is 19.9. The second kappa shape index (κ2) is 9.31. The lowest BCUT2D eigenvalue weighted by Crippen LogP contribution is -2.47. The SMILES string of the molecule is CCC1CCCCN1C(=O)CNC(=O)c1cc(OC)c(OC)c(OC)c1. The maximum absolute atomic E-state index is 12.5. The standard InChI is InChI=1S/C19H28N2O5/c1-5-14-8-6-7-9-21(14)17(22)12-20-19(23)13-10-15(24-2)18(26-4)16(11-13)25-3/h10-11,14H,5-9,12H2,1-4H3,(H,20,23). The number of carbonyl (C=O) groups excluding carboxylic acids is 2. The van der Waals surface area contributed by atoms with Crippen molar-refractivity contribution >= 4 is 11.8 Å². The number of rotatable bonds is 7. The quantitative estimate of drug-likeness (QED) is 0.803. The number of ether oxygens (including phenoxy) is 3. The molecule has 1 atom stereocenters. The van der Waals surface area contributed by atoms with E-state index in [2.05, 4.69) is 12.2 Å².